The van der Waals surface area contributed by atoms with Gasteiger partial charge in [-0.25, -0.2) is 0 Å². The first-order valence-electron chi connectivity index (χ1n) is 5.64. The highest BCUT2D eigenvalue weighted by Crippen LogP contribution is 2.20. The fraction of sp³-hybridized carbons (Fsp3) is 0.667. The molecule has 0 radical (unpaired) electrons. The van der Waals surface area contributed by atoms with Crippen LogP contribution in [0.25, 0.3) is 0 Å². The van der Waals surface area contributed by atoms with E-state index in [2.05, 4.69) is 22.2 Å². The molecule has 1 aliphatic rings. The zero-order valence-electron chi connectivity index (χ0n) is 9.86. The summed E-state index contributed by atoms with van der Waals surface area (Å²) in [6.45, 7) is 1.80. The molecule has 4 heteroatoms. The number of allylic oxidation sites excluding steroid dienone is 2. The molecule has 0 fully saturated rings. The molecule has 0 saturated heterocycles. The third-order valence-electron chi connectivity index (χ3n) is 2.67. The van der Waals surface area contributed by atoms with Crippen LogP contribution in [0.1, 0.15) is 32.6 Å². The molecule has 1 amide bonds. The summed E-state index contributed by atoms with van der Waals surface area (Å²) < 4.78 is 4.53. The van der Waals surface area contributed by atoms with Crippen LogP contribution in [0.15, 0.2) is 12.2 Å². The first-order valence-corrected chi connectivity index (χ1v) is 5.64. The lowest BCUT2D eigenvalue weighted by atomic mass is 10.0. The van der Waals surface area contributed by atoms with Crippen molar-refractivity contribution in [1.29, 1.82) is 0 Å². The highest BCUT2D eigenvalue weighted by Gasteiger charge is 2.16. The maximum atomic E-state index is 11.6. The van der Waals surface area contributed by atoms with Crippen LogP contribution < -0.4 is 5.32 Å². The van der Waals surface area contributed by atoms with Gasteiger partial charge in [0.1, 0.15) is 0 Å². The molecular weight excluding hydrogens is 206 g/mol. The lowest BCUT2D eigenvalue weighted by Gasteiger charge is -2.14. The minimum Gasteiger partial charge on any atom is -0.469 e. The Kier molecular flexibility index (Phi) is 5.02. The van der Waals surface area contributed by atoms with Crippen molar-refractivity contribution in [2.45, 2.75) is 38.6 Å². The Morgan fingerprint density at radius 2 is 2.31 bits per heavy atom. The zero-order valence-corrected chi connectivity index (χ0v) is 9.86. The van der Waals surface area contributed by atoms with Crippen molar-refractivity contribution in [3.05, 3.63) is 12.2 Å². The van der Waals surface area contributed by atoms with Gasteiger partial charge in [-0.15, -0.1) is 0 Å². The van der Waals surface area contributed by atoms with E-state index in [1.165, 1.54) is 7.11 Å². The van der Waals surface area contributed by atoms with E-state index in [-0.39, 0.29) is 24.3 Å². The third-order valence-corrected chi connectivity index (χ3v) is 2.67. The van der Waals surface area contributed by atoms with Crippen molar-refractivity contribution in [1.82, 2.24) is 5.32 Å². The summed E-state index contributed by atoms with van der Waals surface area (Å²) in [7, 11) is 1.35. The molecule has 2 unspecified atom stereocenters. The van der Waals surface area contributed by atoms with Crippen LogP contribution in [-0.4, -0.2) is 25.0 Å². The fourth-order valence-electron chi connectivity index (χ4n) is 1.82. The minimum atomic E-state index is -0.298. The summed E-state index contributed by atoms with van der Waals surface area (Å²) >= 11 is 0. The predicted octanol–water partition coefficient (Wildman–Crippen LogP) is 1.41. The second-order valence-corrected chi connectivity index (χ2v) is 4.22. The van der Waals surface area contributed by atoms with E-state index in [0.717, 1.165) is 12.8 Å². The smallest absolute Gasteiger partial charge is 0.307 e. The first kappa shape index (κ1) is 12.7. The van der Waals surface area contributed by atoms with E-state index < -0.39 is 0 Å². The number of nitrogens with one attached hydrogen (secondary N) is 1. The van der Waals surface area contributed by atoms with Gasteiger partial charge in [0.05, 0.1) is 13.5 Å². The largest absolute Gasteiger partial charge is 0.469 e. The maximum absolute atomic E-state index is 11.6. The van der Waals surface area contributed by atoms with Crippen molar-refractivity contribution >= 4 is 11.9 Å². The molecule has 0 aromatic carbocycles. The van der Waals surface area contributed by atoms with Gasteiger partial charge in [-0.2, -0.15) is 0 Å². The number of methoxy groups -OCH3 is 1. The number of hydrogen-bond donors (Lipinski definition) is 1. The average Bonchev–Trinajstić information content (AvgIpc) is 2.69. The van der Waals surface area contributed by atoms with Crippen LogP contribution in [0.4, 0.5) is 0 Å². The number of carbonyl (C=O) groups is 2. The van der Waals surface area contributed by atoms with Crippen molar-refractivity contribution in [3.63, 3.8) is 0 Å². The quantitative estimate of drug-likeness (QED) is 0.568. The summed E-state index contributed by atoms with van der Waals surface area (Å²) in [5.41, 5.74) is 0. The van der Waals surface area contributed by atoms with Crippen LogP contribution in [0.2, 0.25) is 0 Å². The number of rotatable bonds is 5. The second kappa shape index (κ2) is 6.30. The Labute approximate surface area is 96.0 Å². The predicted molar refractivity (Wildman–Crippen MR) is 60.7 cm³/mol. The van der Waals surface area contributed by atoms with E-state index >= 15 is 0 Å². The molecule has 1 N–H and O–H groups in total. The summed E-state index contributed by atoms with van der Waals surface area (Å²) in [5, 5.41) is 2.80. The van der Waals surface area contributed by atoms with Gasteiger partial charge in [0, 0.05) is 12.5 Å². The van der Waals surface area contributed by atoms with E-state index in [4.69, 9.17) is 0 Å². The van der Waals surface area contributed by atoms with E-state index in [1.807, 2.05) is 0 Å². The molecular formula is C12H19NO3. The summed E-state index contributed by atoms with van der Waals surface area (Å²) in [4.78, 5) is 22.5. The van der Waals surface area contributed by atoms with Crippen molar-refractivity contribution in [2.24, 2.45) is 5.92 Å². The normalized spacial score (nSPS) is 20.5. The molecule has 1 aliphatic carbocycles. The van der Waals surface area contributed by atoms with Gasteiger partial charge in [0.25, 0.3) is 0 Å². The third kappa shape index (κ3) is 4.47. The molecule has 2 atom stereocenters. The fourth-order valence-corrected chi connectivity index (χ4v) is 1.82. The van der Waals surface area contributed by atoms with Crippen LogP contribution in [0.5, 0.6) is 0 Å². The Morgan fingerprint density at radius 1 is 1.56 bits per heavy atom. The molecule has 0 aromatic rings. The van der Waals surface area contributed by atoms with Crippen molar-refractivity contribution in [3.8, 4) is 0 Å². The molecule has 0 spiro atoms. The molecule has 0 aromatic heterocycles. The van der Waals surface area contributed by atoms with Gasteiger partial charge < -0.3 is 10.1 Å². The Balaban J connectivity index is 2.22. The lowest BCUT2D eigenvalue weighted by molar-refractivity contribution is -0.141. The number of amides is 1. The summed E-state index contributed by atoms with van der Waals surface area (Å²) in [6, 6.07) is -0.162. The SMILES string of the molecule is COC(=O)CC(C)NC(=O)CC1C=CCC1. The Bertz CT molecular complexity index is 286. The van der Waals surface area contributed by atoms with E-state index in [1.54, 1.807) is 6.92 Å². The Hall–Kier alpha value is -1.32. The summed E-state index contributed by atoms with van der Waals surface area (Å²) in [6.07, 6.45) is 7.06. The molecule has 1 rings (SSSR count). The number of esters is 1. The molecule has 4 nitrogen and oxygen atoms in total. The van der Waals surface area contributed by atoms with Gasteiger partial charge in [-0.05, 0) is 25.7 Å². The van der Waals surface area contributed by atoms with Crippen molar-refractivity contribution < 1.29 is 14.3 Å². The highest BCUT2D eigenvalue weighted by atomic mass is 16.5. The maximum Gasteiger partial charge on any atom is 0.307 e. The van der Waals surface area contributed by atoms with Crippen LogP contribution >= 0.6 is 0 Å². The van der Waals surface area contributed by atoms with Crippen molar-refractivity contribution in [2.75, 3.05) is 7.11 Å². The topological polar surface area (TPSA) is 55.4 Å². The number of carbonyl (C=O) groups excluding carboxylic acids is 2. The first-order chi connectivity index (χ1) is 7.61. The van der Waals surface area contributed by atoms with E-state index in [0.29, 0.717) is 12.3 Å². The van der Waals surface area contributed by atoms with Crippen LogP contribution in [0.3, 0.4) is 0 Å². The number of hydrogen-bond acceptors (Lipinski definition) is 3. The van der Waals surface area contributed by atoms with E-state index in [9.17, 15) is 9.59 Å². The highest BCUT2D eigenvalue weighted by molar-refractivity contribution is 5.78. The molecule has 90 valence electrons. The molecule has 0 heterocycles. The molecule has 0 aliphatic heterocycles. The monoisotopic (exact) mass is 225 g/mol. The lowest BCUT2D eigenvalue weighted by Crippen LogP contribution is -2.35. The van der Waals surface area contributed by atoms with Gasteiger partial charge in [-0.1, -0.05) is 12.2 Å². The average molecular weight is 225 g/mol. The number of ether oxygens (including phenoxy) is 1. The van der Waals surface area contributed by atoms with Gasteiger partial charge in [0.15, 0.2) is 0 Å². The zero-order chi connectivity index (χ0) is 12.0. The molecule has 16 heavy (non-hydrogen) atoms. The summed E-state index contributed by atoms with van der Waals surface area (Å²) in [5.74, 6) is 0.0758. The van der Waals surface area contributed by atoms with Gasteiger partial charge in [0.2, 0.25) is 5.91 Å². The van der Waals surface area contributed by atoms with Gasteiger partial charge >= 0.3 is 5.97 Å². The molecule has 0 saturated carbocycles. The second-order valence-electron chi connectivity index (χ2n) is 4.22. The standard InChI is InChI=1S/C12H19NO3/c1-9(7-12(15)16-2)13-11(14)8-10-5-3-4-6-10/h3,5,9-10H,4,6-8H2,1-2H3,(H,13,14). The Morgan fingerprint density at radius 3 is 2.88 bits per heavy atom. The van der Waals surface area contributed by atoms with Gasteiger partial charge in [-0.3, -0.25) is 9.59 Å². The minimum absolute atomic E-state index is 0.00736. The van der Waals surface area contributed by atoms with Crippen LogP contribution in [-0.2, 0) is 14.3 Å². The molecule has 0 bridgehead atoms. The van der Waals surface area contributed by atoms with Crippen LogP contribution in [0, 0.1) is 5.92 Å².